The lowest BCUT2D eigenvalue weighted by Gasteiger charge is -2.20. The quantitative estimate of drug-likeness (QED) is 0.596. The van der Waals surface area contributed by atoms with Crippen LogP contribution in [-0.2, 0) is 9.59 Å². The second-order valence-electron chi connectivity index (χ2n) is 4.29. The van der Waals surface area contributed by atoms with Gasteiger partial charge in [0.25, 0.3) is 0 Å². The van der Waals surface area contributed by atoms with E-state index in [-0.39, 0.29) is 12.5 Å². The van der Waals surface area contributed by atoms with Gasteiger partial charge in [0.1, 0.15) is 12.6 Å². The second kappa shape index (κ2) is 9.18. The number of unbranched alkanes of at least 4 members (excludes halogenated alkanes) is 1. The molecule has 0 aromatic heterocycles. The van der Waals surface area contributed by atoms with Crippen LogP contribution in [0.2, 0.25) is 0 Å². The molecule has 110 valence electrons. The topological polar surface area (TPSA) is 98.7 Å². The van der Waals surface area contributed by atoms with Crippen molar-refractivity contribution in [1.29, 1.82) is 0 Å². The fourth-order valence-corrected chi connectivity index (χ4v) is 1.47. The largest absolute Gasteiger partial charge is 0.480 e. The number of carboxylic acids is 1. The van der Waals surface area contributed by atoms with E-state index >= 15 is 0 Å². The van der Waals surface area contributed by atoms with Crippen molar-refractivity contribution in [2.45, 2.75) is 39.2 Å². The number of amides is 3. The molecule has 7 heteroatoms. The maximum absolute atomic E-state index is 11.7. The summed E-state index contributed by atoms with van der Waals surface area (Å²) >= 11 is 0. The SMILES string of the molecule is CCCC[C@H](NC(=O)N(C)CC(=O)NCC)C(=O)O. The van der Waals surface area contributed by atoms with E-state index in [2.05, 4.69) is 10.6 Å². The van der Waals surface area contributed by atoms with E-state index in [0.29, 0.717) is 13.0 Å². The molecule has 0 spiro atoms. The molecule has 0 aliphatic heterocycles. The highest BCUT2D eigenvalue weighted by atomic mass is 16.4. The van der Waals surface area contributed by atoms with Crippen molar-refractivity contribution in [3.8, 4) is 0 Å². The van der Waals surface area contributed by atoms with Crippen LogP contribution in [0.3, 0.4) is 0 Å². The van der Waals surface area contributed by atoms with Crippen molar-refractivity contribution < 1.29 is 19.5 Å². The van der Waals surface area contributed by atoms with Gasteiger partial charge in [-0.15, -0.1) is 0 Å². The summed E-state index contributed by atoms with van der Waals surface area (Å²) in [5.41, 5.74) is 0. The Morgan fingerprint density at radius 3 is 2.37 bits per heavy atom. The first-order valence-corrected chi connectivity index (χ1v) is 6.43. The lowest BCUT2D eigenvalue weighted by Crippen LogP contribution is -2.49. The first kappa shape index (κ1) is 17.2. The third kappa shape index (κ3) is 7.28. The molecule has 0 radical (unpaired) electrons. The van der Waals surface area contributed by atoms with Gasteiger partial charge in [0.15, 0.2) is 0 Å². The molecule has 1 atom stereocenters. The number of carbonyl (C=O) groups excluding carboxylic acids is 2. The lowest BCUT2D eigenvalue weighted by atomic mass is 10.1. The van der Waals surface area contributed by atoms with Gasteiger partial charge in [-0.2, -0.15) is 0 Å². The van der Waals surface area contributed by atoms with E-state index < -0.39 is 18.0 Å². The van der Waals surface area contributed by atoms with Crippen molar-refractivity contribution >= 4 is 17.9 Å². The first-order chi connectivity index (χ1) is 8.92. The molecule has 7 nitrogen and oxygen atoms in total. The number of aliphatic carboxylic acids is 1. The summed E-state index contributed by atoms with van der Waals surface area (Å²) in [6.45, 7) is 4.12. The van der Waals surface area contributed by atoms with E-state index in [1.165, 1.54) is 7.05 Å². The lowest BCUT2D eigenvalue weighted by molar-refractivity contribution is -0.139. The van der Waals surface area contributed by atoms with Crippen LogP contribution in [0.15, 0.2) is 0 Å². The van der Waals surface area contributed by atoms with Gasteiger partial charge in [-0.25, -0.2) is 9.59 Å². The average molecular weight is 273 g/mol. The molecule has 0 rings (SSSR count). The maximum atomic E-state index is 11.7. The van der Waals surface area contributed by atoms with Gasteiger partial charge in [-0.3, -0.25) is 4.79 Å². The zero-order chi connectivity index (χ0) is 14.8. The fraction of sp³-hybridized carbons (Fsp3) is 0.750. The molecule has 0 aliphatic rings. The van der Waals surface area contributed by atoms with Crippen molar-refractivity contribution in [2.75, 3.05) is 20.1 Å². The Morgan fingerprint density at radius 2 is 1.89 bits per heavy atom. The van der Waals surface area contributed by atoms with Crippen molar-refractivity contribution in [3.05, 3.63) is 0 Å². The summed E-state index contributed by atoms with van der Waals surface area (Å²) in [5.74, 6) is -1.34. The van der Waals surface area contributed by atoms with Crippen LogP contribution in [0, 0.1) is 0 Å². The van der Waals surface area contributed by atoms with Crippen LogP contribution in [0.5, 0.6) is 0 Å². The smallest absolute Gasteiger partial charge is 0.326 e. The highest BCUT2D eigenvalue weighted by Crippen LogP contribution is 2.01. The summed E-state index contributed by atoms with van der Waals surface area (Å²) in [5, 5.41) is 14.0. The summed E-state index contributed by atoms with van der Waals surface area (Å²) in [7, 11) is 1.45. The second-order valence-corrected chi connectivity index (χ2v) is 4.29. The Morgan fingerprint density at radius 1 is 1.26 bits per heavy atom. The monoisotopic (exact) mass is 273 g/mol. The summed E-state index contributed by atoms with van der Waals surface area (Å²) in [6.07, 6.45) is 1.96. The maximum Gasteiger partial charge on any atom is 0.326 e. The highest BCUT2D eigenvalue weighted by Gasteiger charge is 2.21. The molecular weight excluding hydrogens is 250 g/mol. The number of hydrogen-bond acceptors (Lipinski definition) is 3. The standard InChI is InChI=1S/C12H23N3O4/c1-4-6-7-9(11(17)18)14-12(19)15(3)8-10(16)13-5-2/h9H,4-8H2,1-3H3,(H,13,16)(H,14,19)(H,17,18)/t9-/m0/s1. The molecular formula is C12H23N3O4. The van der Waals surface area contributed by atoms with Crippen LogP contribution >= 0.6 is 0 Å². The Balaban J connectivity index is 4.30. The van der Waals surface area contributed by atoms with E-state index in [1.54, 1.807) is 6.92 Å². The van der Waals surface area contributed by atoms with Crippen LogP contribution in [0.4, 0.5) is 4.79 Å². The molecule has 0 unspecified atom stereocenters. The van der Waals surface area contributed by atoms with E-state index in [1.807, 2.05) is 6.92 Å². The highest BCUT2D eigenvalue weighted by molar-refractivity contribution is 5.86. The number of rotatable bonds is 8. The van der Waals surface area contributed by atoms with Crippen molar-refractivity contribution in [3.63, 3.8) is 0 Å². The van der Waals surface area contributed by atoms with Gasteiger partial charge in [-0.1, -0.05) is 19.8 Å². The number of likely N-dealkylation sites (N-methyl/N-ethyl adjacent to an activating group) is 2. The van der Waals surface area contributed by atoms with Crippen molar-refractivity contribution in [2.24, 2.45) is 0 Å². The number of carbonyl (C=O) groups is 3. The van der Waals surface area contributed by atoms with Gasteiger partial charge in [0.05, 0.1) is 0 Å². The third-order valence-corrected chi connectivity index (χ3v) is 2.54. The van der Waals surface area contributed by atoms with Crippen LogP contribution in [-0.4, -0.2) is 54.1 Å². The molecule has 0 saturated heterocycles. The number of carboxylic acid groups (broad SMARTS) is 1. The Hall–Kier alpha value is -1.79. The predicted molar refractivity (Wildman–Crippen MR) is 70.8 cm³/mol. The van der Waals surface area contributed by atoms with Crippen LogP contribution in [0.25, 0.3) is 0 Å². The molecule has 3 amide bonds. The molecule has 0 saturated carbocycles. The fourth-order valence-electron chi connectivity index (χ4n) is 1.47. The molecule has 3 N–H and O–H groups in total. The van der Waals surface area contributed by atoms with E-state index in [4.69, 9.17) is 5.11 Å². The minimum absolute atomic E-state index is 0.0974. The first-order valence-electron chi connectivity index (χ1n) is 6.43. The zero-order valence-electron chi connectivity index (χ0n) is 11.7. The summed E-state index contributed by atoms with van der Waals surface area (Å²) in [6, 6.07) is -1.47. The summed E-state index contributed by atoms with van der Waals surface area (Å²) < 4.78 is 0. The molecule has 0 fully saturated rings. The van der Waals surface area contributed by atoms with Crippen molar-refractivity contribution in [1.82, 2.24) is 15.5 Å². The Bertz CT molecular complexity index is 320. The molecule has 0 heterocycles. The number of hydrogen-bond donors (Lipinski definition) is 3. The summed E-state index contributed by atoms with van der Waals surface area (Å²) in [4.78, 5) is 35.2. The minimum Gasteiger partial charge on any atom is -0.480 e. The molecule has 0 aliphatic carbocycles. The van der Waals surface area contributed by atoms with Gasteiger partial charge in [-0.05, 0) is 13.3 Å². The third-order valence-electron chi connectivity index (χ3n) is 2.54. The normalized spacial score (nSPS) is 11.5. The number of nitrogens with zero attached hydrogens (tertiary/aromatic N) is 1. The molecule has 19 heavy (non-hydrogen) atoms. The molecule has 0 bridgehead atoms. The zero-order valence-corrected chi connectivity index (χ0v) is 11.7. The van der Waals surface area contributed by atoms with Crippen LogP contribution in [0.1, 0.15) is 33.1 Å². The van der Waals surface area contributed by atoms with E-state index in [9.17, 15) is 14.4 Å². The average Bonchev–Trinajstić information content (AvgIpc) is 2.33. The van der Waals surface area contributed by atoms with Gasteiger partial charge < -0.3 is 20.6 Å². The van der Waals surface area contributed by atoms with E-state index in [0.717, 1.165) is 17.7 Å². The number of nitrogens with one attached hydrogen (secondary N) is 2. The predicted octanol–water partition coefficient (Wildman–Crippen LogP) is 0.407. The van der Waals surface area contributed by atoms with Gasteiger partial charge in [0.2, 0.25) is 5.91 Å². The van der Waals surface area contributed by atoms with Crippen LogP contribution < -0.4 is 10.6 Å². The van der Waals surface area contributed by atoms with Gasteiger partial charge >= 0.3 is 12.0 Å². The Labute approximate surface area is 113 Å². The minimum atomic E-state index is -1.06. The molecule has 0 aromatic carbocycles. The molecule has 0 aromatic rings. The van der Waals surface area contributed by atoms with Gasteiger partial charge in [0, 0.05) is 13.6 Å². The number of urea groups is 1. The Kier molecular flexibility index (Phi) is 8.32.